The van der Waals surface area contributed by atoms with Gasteiger partial charge >= 0.3 is 0 Å². The molecule has 94 valence electrons. The SMILES string of the molecule is Cc1cc(Oc2cc(F)cc(F)c2N)ccc1F. The molecule has 0 aliphatic carbocycles. The van der Waals surface area contributed by atoms with E-state index < -0.39 is 11.6 Å². The number of anilines is 1. The zero-order chi connectivity index (χ0) is 13.3. The number of halogens is 3. The molecule has 0 bridgehead atoms. The van der Waals surface area contributed by atoms with Crippen molar-refractivity contribution >= 4 is 5.69 Å². The van der Waals surface area contributed by atoms with Crippen LogP contribution in [0.25, 0.3) is 0 Å². The maximum Gasteiger partial charge on any atom is 0.156 e. The van der Waals surface area contributed by atoms with Gasteiger partial charge in [0.1, 0.15) is 23.1 Å². The van der Waals surface area contributed by atoms with Crippen molar-refractivity contribution in [2.75, 3.05) is 5.73 Å². The normalized spacial score (nSPS) is 10.4. The second kappa shape index (κ2) is 4.60. The Morgan fingerprint density at radius 3 is 2.39 bits per heavy atom. The van der Waals surface area contributed by atoms with Gasteiger partial charge in [0.2, 0.25) is 0 Å². The number of rotatable bonds is 2. The summed E-state index contributed by atoms with van der Waals surface area (Å²) in [6.45, 7) is 1.55. The predicted octanol–water partition coefficient (Wildman–Crippen LogP) is 3.79. The van der Waals surface area contributed by atoms with Gasteiger partial charge in [0.25, 0.3) is 0 Å². The third kappa shape index (κ3) is 2.40. The highest BCUT2D eigenvalue weighted by Gasteiger charge is 2.11. The van der Waals surface area contributed by atoms with E-state index in [4.69, 9.17) is 10.5 Å². The van der Waals surface area contributed by atoms with E-state index in [-0.39, 0.29) is 23.0 Å². The minimum atomic E-state index is -0.899. The first-order valence-electron chi connectivity index (χ1n) is 5.16. The Hall–Kier alpha value is -2.17. The molecule has 0 unspecified atom stereocenters. The van der Waals surface area contributed by atoms with E-state index in [1.54, 1.807) is 6.92 Å². The summed E-state index contributed by atoms with van der Waals surface area (Å²) in [6, 6.07) is 5.61. The fourth-order valence-corrected chi connectivity index (χ4v) is 1.45. The molecule has 0 aromatic heterocycles. The summed E-state index contributed by atoms with van der Waals surface area (Å²) in [5, 5.41) is 0. The summed E-state index contributed by atoms with van der Waals surface area (Å²) in [4.78, 5) is 0. The van der Waals surface area contributed by atoms with Crippen LogP contribution in [0.3, 0.4) is 0 Å². The van der Waals surface area contributed by atoms with E-state index in [9.17, 15) is 13.2 Å². The van der Waals surface area contributed by atoms with Gasteiger partial charge in [-0.15, -0.1) is 0 Å². The van der Waals surface area contributed by atoms with Crippen molar-refractivity contribution in [1.82, 2.24) is 0 Å². The third-order valence-electron chi connectivity index (χ3n) is 2.41. The quantitative estimate of drug-likeness (QED) is 0.826. The lowest BCUT2D eigenvalue weighted by Crippen LogP contribution is -1.97. The Morgan fingerprint density at radius 1 is 1.00 bits per heavy atom. The van der Waals surface area contributed by atoms with Crippen molar-refractivity contribution in [1.29, 1.82) is 0 Å². The summed E-state index contributed by atoms with van der Waals surface area (Å²) in [5.74, 6) is -1.97. The van der Waals surface area contributed by atoms with Crippen LogP contribution >= 0.6 is 0 Å². The zero-order valence-electron chi connectivity index (χ0n) is 9.51. The minimum Gasteiger partial charge on any atom is -0.455 e. The molecule has 0 saturated heterocycles. The monoisotopic (exact) mass is 253 g/mol. The van der Waals surface area contributed by atoms with Crippen molar-refractivity contribution in [3.63, 3.8) is 0 Å². The first kappa shape index (κ1) is 12.3. The van der Waals surface area contributed by atoms with Crippen LogP contribution in [0.2, 0.25) is 0 Å². The average molecular weight is 253 g/mol. The Balaban J connectivity index is 2.36. The lowest BCUT2D eigenvalue weighted by Gasteiger charge is -2.10. The zero-order valence-corrected chi connectivity index (χ0v) is 9.51. The molecule has 2 N–H and O–H groups in total. The minimum absolute atomic E-state index is 0.140. The highest BCUT2D eigenvalue weighted by molar-refractivity contribution is 5.55. The summed E-state index contributed by atoms with van der Waals surface area (Å²) in [6.07, 6.45) is 0. The van der Waals surface area contributed by atoms with Crippen LogP contribution in [-0.4, -0.2) is 0 Å². The molecule has 0 spiro atoms. The van der Waals surface area contributed by atoms with Gasteiger partial charge in [-0.1, -0.05) is 0 Å². The Bertz CT molecular complexity index is 599. The molecule has 0 fully saturated rings. The van der Waals surface area contributed by atoms with Gasteiger partial charge in [-0.2, -0.15) is 0 Å². The maximum absolute atomic E-state index is 13.2. The first-order chi connectivity index (χ1) is 8.47. The summed E-state index contributed by atoms with van der Waals surface area (Å²) in [5.41, 5.74) is 5.50. The van der Waals surface area contributed by atoms with Crippen LogP contribution in [0.1, 0.15) is 5.56 Å². The number of hydrogen-bond acceptors (Lipinski definition) is 2. The summed E-state index contributed by atoms with van der Waals surface area (Å²) < 4.78 is 44.5. The van der Waals surface area contributed by atoms with Gasteiger partial charge in [0.15, 0.2) is 11.6 Å². The van der Waals surface area contributed by atoms with Gasteiger partial charge in [-0.25, -0.2) is 13.2 Å². The molecule has 18 heavy (non-hydrogen) atoms. The van der Waals surface area contributed by atoms with Gasteiger partial charge in [0, 0.05) is 12.1 Å². The van der Waals surface area contributed by atoms with Crippen LogP contribution in [0, 0.1) is 24.4 Å². The van der Waals surface area contributed by atoms with E-state index in [1.807, 2.05) is 0 Å². The number of hydrogen-bond donors (Lipinski definition) is 1. The fourth-order valence-electron chi connectivity index (χ4n) is 1.45. The molecule has 0 aliphatic heterocycles. The molecule has 2 aromatic rings. The van der Waals surface area contributed by atoms with E-state index >= 15 is 0 Å². The van der Waals surface area contributed by atoms with Gasteiger partial charge in [-0.3, -0.25) is 0 Å². The second-order valence-corrected chi connectivity index (χ2v) is 3.81. The Morgan fingerprint density at radius 2 is 1.72 bits per heavy atom. The molecule has 2 aromatic carbocycles. The van der Waals surface area contributed by atoms with E-state index in [1.165, 1.54) is 18.2 Å². The van der Waals surface area contributed by atoms with Crippen molar-refractivity contribution < 1.29 is 17.9 Å². The maximum atomic E-state index is 13.2. The number of aryl methyl sites for hydroxylation is 1. The molecule has 0 atom stereocenters. The van der Waals surface area contributed by atoms with Gasteiger partial charge in [-0.05, 0) is 30.7 Å². The molecule has 0 saturated carbocycles. The fraction of sp³-hybridized carbons (Fsp3) is 0.0769. The van der Waals surface area contributed by atoms with Crippen molar-refractivity contribution in [2.24, 2.45) is 0 Å². The topological polar surface area (TPSA) is 35.2 Å². The lowest BCUT2D eigenvalue weighted by atomic mass is 10.2. The first-order valence-corrected chi connectivity index (χ1v) is 5.16. The Labute approximate surface area is 102 Å². The third-order valence-corrected chi connectivity index (χ3v) is 2.41. The second-order valence-electron chi connectivity index (χ2n) is 3.81. The van der Waals surface area contributed by atoms with E-state index in [0.717, 1.165) is 6.07 Å². The predicted molar refractivity (Wildman–Crippen MR) is 62.0 cm³/mol. The summed E-state index contributed by atoms with van der Waals surface area (Å²) >= 11 is 0. The molecule has 0 amide bonds. The van der Waals surface area contributed by atoms with Crippen molar-refractivity contribution in [3.8, 4) is 11.5 Å². The number of ether oxygens (including phenoxy) is 1. The summed E-state index contributed by atoms with van der Waals surface area (Å²) in [7, 11) is 0. The molecule has 0 heterocycles. The molecule has 0 aliphatic rings. The molecular formula is C13H10F3NO. The molecule has 5 heteroatoms. The molecular weight excluding hydrogens is 243 g/mol. The lowest BCUT2D eigenvalue weighted by molar-refractivity contribution is 0.469. The highest BCUT2D eigenvalue weighted by Crippen LogP contribution is 2.31. The highest BCUT2D eigenvalue weighted by atomic mass is 19.1. The average Bonchev–Trinajstić information content (AvgIpc) is 2.30. The number of benzene rings is 2. The molecule has 0 radical (unpaired) electrons. The molecule has 2 rings (SSSR count). The van der Waals surface area contributed by atoms with Gasteiger partial charge in [0.05, 0.1) is 0 Å². The van der Waals surface area contributed by atoms with Crippen LogP contribution in [0.5, 0.6) is 11.5 Å². The smallest absolute Gasteiger partial charge is 0.156 e. The number of nitrogens with two attached hydrogens (primary N) is 1. The van der Waals surface area contributed by atoms with E-state index in [0.29, 0.717) is 11.6 Å². The van der Waals surface area contributed by atoms with Crippen LogP contribution in [0.4, 0.5) is 18.9 Å². The van der Waals surface area contributed by atoms with E-state index in [2.05, 4.69) is 0 Å². The van der Waals surface area contributed by atoms with Gasteiger partial charge < -0.3 is 10.5 Å². The molecule has 2 nitrogen and oxygen atoms in total. The van der Waals surface area contributed by atoms with Crippen LogP contribution < -0.4 is 10.5 Å². The van der Waals surface area contributed by atoms with Crippen molar-refractivity contribution in [3.05, 3.63) is 53.3 Å². The van der Waals surface area contributed by atoms with Crippen LogP contribution in [0.15, 0.2) is 30.3 Å². The Kier molecular flexibility index (Phi) is 3.14. The standard InChI is InChI=1S/C13H10F3NO/c1-7-4-9(2-3-10(7)15)18-12-6-8(14)5-11(16)13(12)17/h2-6H,17H2,1H3. The number of nitrogen functional groups attached to an aromatic ring is 1. The van der Waals surface area contributed by atoms with Crippen molar-refractivity contribution in [2.45, 2.75) is 6.92 Å². The van der Waals surface area contributed by atoms with Crippen LogP contribution in [-0.2, 0) is 0 Å². The largest absolute Gasteiger partial charge is 0.455 e.